The number of hydrogen-bond donors (Lipinski definition) is 3. The Bertz CT molecular complexity index is 742. The standard InChI is InChI=1S/C16H20N4O3/c21-13-4-6-20(9-16(13,15(22)23)7-10-1-2-10)12-3-5-17-14-11(12)8-18-19-14/h3,5,8,10,13,21H,1-2,4,6-7,9H2,(H,22,23)(H,17,18,19)/t13-,16+/m0/s1. The zero-order chi connectivity index (χ0) is 16.0. The van der Waals surface area contributed by atoms with Gasteiger partial charge in [0.25, 0.3) is 0 Å². The molecular formula is C16H20N4O3. The lowest BCUT2D eigenvalue weighted by Crippen LogP contribution is -2.56. The number of carboxylic acid groups (broad SMARTS) is 1. The van der Waals surface area contributed by atoms with Gasteiger partial charge in [0.15, 0.2) is 5.65 Å². The van der Waals surface area contributed by atoms with Crippen molar-refractivity contribution in [1.29, 1.82) is 0 Å². The highest BCUT2D eigenvalue weighted by Crippen LogP contribution is 2.46. The topological polar surface area (TPSA) is 102 Å². The molecule has 0 radical (unpaired) electrons. The molecule has 1 aliphatic carbocycles. The summed E-state index contributed by atoms with van der Waals surface area (Å²) < 4.78 is 0. The van der Waals surface area contributed by atoms with E-state index in [-0.39, 0.29) is 0 Å². The van der Waals surface area contributed by atoms with E-state index in [1.807, 2.05) is 6.07 Å². The van der Waals surface area contributed by atoms with E-state index in [0.29, 0.717) is 37.5 Å². The molecule has 0 bridgehead atoms. The highest BCUT2D eigenvalue weighted by atomic mass is 16.4. The van der Waals surface area contributed by atoms with E-state index in [9.17, 15) is 15.0 Å². The van der Waals surface area contributed by atoms with Crippen molar-refractivity contribution >= 4 is 22.7 Å². The molecule has 2 aliphatic rings. The molecule has 2 fully saturated rings. The number of aliphatic hydroxyl groups excluding tert-OH is 1. The number of piperidine rings is 1. The molecule has 0 amide bonds. The summed E-state index contributed by atoms with van der Waals surface area (Å²) in [6, 6.07) is 1.89. The van der Waals surface area contributed by atoms with Crippen molar-refractivity contribution in [3.05, 3.63) is 18.5 Å². The number of aromatic nitrogens is 3. The zero-order valence-corrected chi connectivity index (χ0v) is 12.8. The maximum atomic E-state index is 12.0. The second-order valence-corrected chi connectivity index (χ2v) is 6.80. The summed E-state index contributed by atoms with van der Waals surface area (Å²) >= 11 is 0. The number of aliphatic hydroxyl groups is 1. The lowest BCUT2D eigenvalue weighted by Gasteiger charge is -2.44. The van der Waals surface area contributed by atoms with Crippen LogP contribution >= 0.6 is 0 Å². The van der Waals surface area contributed by atoms with Gasteiger partial charge in [0.1, 0.15) is 5.41 Å². The van der Waals surface area contributed by atoms with Crippen LogP contribution in [-0.2, 0) is 4.79 Å². The molecule has 1 saturated heterocycles. The SMILES string of the molecule is O=C(O)[C@]1(CC2CC2)CN(c2ccnc3[nH]ncc23)CC[C@@H]1O. The van der Waals surface area contributed by atoms with Crippen LogP contribution in [0.3, 0.4) is 0 Å². The summed E-state index contributed by atoms with van der Waals surface area (Å²) in [5, 5.41) is 28.1. The molecule has 122 valence electrons. The van der Waals surface area contributed by atoms with E-state index in [1.54, 1.807) is 12.4 Å². The average Bonchev–Trinajstić information content (AvgIpc) is 3.21. The third kappa shape index (κ3) is 2.35. The average molecular weight is 316 g/mol. The predicted octanol–water partition coefficient (Wildman–Crippen LogP) is 1.40. The Morgan fingerprint density at radius 2 is 2.26 bits per heavy atom. The van der Waals surface area contributed by atoms with Crippen LogP contribution < -0.4 is 4.90 Å². The first-order valence-electron chi connectivity index (χ1n) is 8.05. The van der Waals surface area contributed by atoms with Gasteiger partial charge in [-0.1, -0.05) is 12.8 Å². The molecule has 3 N–H and O–H groups in total. The number of anilines is 1. The van der Waals surface area contributed by atoms with Crippen molar-refractivity contribution in [3.63, 3.8) is 0 Å². The zero-order valence-electron chi connectivity index (χ0n) is 12.8. The Labute approximate surface area is 133 Å². The van der Waals surface area contributed by atoms with E-state index < -0.39 is 17.5 Å². The van der Waals surface area contributed by atoms with Crippen LogP contribution in [0, 0.1) is 11.3 Å². The molecule has 0 aromatic carbocycles. The Morgan fingerprint density at radius 1 is 1.43 bits per heavy atom. The Hall–Kier alpha value is -2.15. The fourth-order valence-corrected chi connectivity index (χ4v) is 3.73. The van der Waals surface area contributed by atoms with E-state index in [0.717, 1.165) is 23.9 Å². The number of pyridine rings is 1. The molecule has 23 heavy (non-hydrogen) atoms. The molecule has 3 heterocycles. The van der Waals surface area contributed by atoms with Gasteiger partial charge in [0.2, 0.25) is 0 Å². The first-order valence-corrected chi connectivity index (χ1v) is 8.05. The number of nitrogens with one attached hydrogen (secondary N) is 1. The number of aliphatic carboxylic acids is 1. The van der Waals surface area contributed by atoms with Crippen molar-refractivity contribution in [2.24, 2.45) is 11.3 Å². The summed E-state index contributed by atoms with van der Waals surface area (Å²) in [6.07, 6.45) is 5.78. The number of rotatable bonds is 4. The number of fused-ring (bicyclic) bond motifs is 1. The van der Waals surface area contributed by atoms with Crippen LogP contribution in [0.25, 0.3) is 11.0 Å². The van der Waals surface area contributed by atoms with Crippen molar-refractivity contribution in [2.75, 3.05) is 18.0 Å². The monoisotopic (exact) mass is 316 g/mol. The molecule has 2 atom stereocenters. The van der Waals surface area contributed by atoms with Crippen LogP contribution in [0.1, 0.15) is 25.7 Å². The van der Waals surface area contributed by atoms with E-state index in [1.165, 1.54) is 0 Å². The Kier molecular flexibility index (Phi) is 3.26. The molecular weight excluding hydrogens is 296 g/mol. The van der Waals surface area contributed by atoms with Gasteiger partial charge < -0.3 is 15.1 Å². The molecule has 7 nitrogen and oxygen atoms in total. The maximum absolute atomic E-state index is 12.0. The predicted molar refractivity (Wildman–Crippen MR) is 84.1 cm³/mol. The minimum Gasteiger partial charge on any atom is -0.481 e. The first kappa shape index (κ1) is 14.4. The fraction of sp³-hybridized carbons (Fsp3) is 0.562. The van der Waals surface area contributed by atoms with Gasteiger partial charge in [0.05, 0.1) is 23.4 Å². The van der Waals surface area contributed by atoms with Crippen molar-refractivity contribution in [1.82, 2.24) is 15.2 Å². The molecule has 1 saturated carbocycles. The normalized spacial score (nSPS) is 28.2. The molecule has 2 aromatic heterocycles. The second kappa shape index (κ2) is 5.19. The Morgan fingerprint density at radius 3 is 3.00 bits per heavy atom. The van der Waals surface area contributed by atoms with E-state index >= 15 is 0 Å². The largest absolute Gasteiger partial charge is 0.481 e. The minimum absolute atomic E-state index is 0.324. The molecule has 0 unspecified atom stereocenters. The van der Waals surface area contributed by atoms with Gasteiger partial charge >= 0.3 is 5.97 Å². The highest BCUT2D eigenvalue weighted by Gasteiger charge is 2.51. The Balaban J connectivity index is 1.70. The number of H-pyrrole nitrogens is 1. The summed E-state index contributed by atoms with van der Waals surface area (Å²) in [6.45, 7) is 0.954. The third-order valence-electron chi connectivity index (χ3n) is 5.23. The minimum atomic E-state index is -1.08. The summed E-state index contributed by atoms with van der Waals surface area (Å²) in [4.78, 5) is 18.3. The van der Waals surface area contributed by atoms with Crippen molar-refractivity contribution in [3.8, 4) is 0 Å². The summed E-state index contributed by atoms with van der Waals surface area (Å²) in [5.41, 5.74) is 0.535. The van der Waals surface area contributed by atoms with Gasteiger partial charge in [-0.2, -0.15) is 5.10 Å². The van der Waals surface area contributed by atoms with Crippen LogP contribution in [0.2, 0.25) is 0 Å². The number of nitrogens with zero attached hydrogens (tertiary/aromatic N) is 3. The number of carbonyl (C=O) groups is 1. The smallest absolute Gasteiger partial charge is 0.314 e. The van der Waals surface area contributed by atoms with Crippen LogP contribution in [-0.4, -0.2) is 50.6 Å². The van der Waals surface area contributed by atoms with Gasteiger partial charge in [-0.25, -0.2) is 4.98 Å². The van der Waals surface area contributed by atoms with Gasteiger partial charge in [-0.15, -0.1) is 0 Å². The molecule has 0 spiro atoms. The number of aromatic amines is 1. The lowest BCUT2D eigenvalue weighted by molar-refractivity contribution is -0.158. The molecule has 7 heteroatoms. The lowest BCUT2D eigenvalue weighted by atomic mass is 9.73. The quantitative estimate of drug-likeness (QED) is 0.788. The third-order valence-corrected chi connectivity index (χ3v) is 5.23. The van der Waals surface area contributed by atoms with Gasteiger partial charge in [0, 0.05) is 19.3 Å². The van der Waals surface area contributed by atoms with Crippen molar-refractivity contribution < 1.29 is 15.0 Å². The van der Waals surface area contributed by atoms with Crippen LogP contribution in [0.5, 0.6) is 0 Å². The fourth-order valence-electron chi connectivity index (χ4n) is 3.73. The number of carboxylic acids is 1. The number of hydrogen-bond acceptors (Lipinski definition) is 5. The van der Waals surface area contributed by atoms with Crippen LogP contribution in [0.15, 0.2) is 18.5 Å². The molecule has 1 aliphatic heterocycles. The van der Waals surface area contributed by atoms with Crippen molar-refractivity contribution in [2.45, 2.75) is 31.8 Å². The van der Waals surface area contributed by atoms with Crippen LogP contribution in [0.4, 0.5) is 5.69 Å². The summed E-state index contributed by atoms with van der Waals surface area (Å²) in [5.74, 6) is -0.453. The first-order chi connectivity index (χ1) is 11.1. The van der Waals surface area contributed by atoms with E-state index in [2.05, 4.69) is 20.1 Å². The molecule has 4 rings (SSSR count). The van der Waals surface area contributed by atoms with Gasteiger partial charge in [-0.05, 0) is 24.8 Å². The van der Waals surface area contributed by atoms with Gasteiger partial charge in [-0.3, -0.25) is 9.89 Å². The maximum Gasteiger partial charge on any atom is 0.314 e. The molecule has 2 aromatic rings. The highest BCUT2D eigenvalue weighted by molar-refractivity contribution is 5.89. The summed E-state index contributed by atoms with van der Waals surface area (Å²) in [7, 11) is 0. The second-order valence-electron chi connectivity index (χ2n) is 6.80. The van der Waals surface area contributed by atoms with E-state index in [4.69, 9.17) is 0 Å².